The average molecular weight is 590 g/mol. The van der Waals surface area contributed by atoms with Crippen LogP contribution in [0.2, 0.25) is 0 Å². The first-order chi connectivity index (χ1) is 21.4. The highest BCUT2D eigenvalue weighted by Crippen LogP contribution is 2.59. The van der Waals surface area contributed by atoms with Crippen LogP contribution in [-0.2, 0) is 25.7 Å². The molecule has 0 radical (unpaired) electrons. The number of ether oxygens (including phenoxy) is 1. The van der Waals surface area contributed by atoms with Crippen molar-refractivity contribution in [1.29, 1.82) is 0 Å². The molecular weight excluding hydrogens is 554 g/mol. The zero-order valence-corrected chi connectivity index (χ0v) is 24.5. The predicted molar refractivity (Wildman–Crippen MR) is 165 cm³/mol. The second-order valence-electron chi connectivity index (χ2n) is 12.1. The van der Waals surface area contributed by atoms with Gasteiger partial charge in [-0.05, 0) is 30.2 Å². The highest BCUT2D eigenvalue weighted by Gasteiger charge is 2.75. The number of carbonyl (C=O) groups is 3. The molecule has 1 unspecified atom stereocenters. The molecule has 6 atom stereocenters. The van der Waals surface area contributed by atoms with E-state index >= 15 is 0 Å². The third kappa shape index (κ3) is 4.31. The third-order valence-electron chi connectivity index (χ3n) is 9.56. The monoisotopic (exact) mass is 589 g/mol. The third-order valence-corrected chi connectivity index (χ3v) is 9.56. The molecule has 0 aromatic heterocycles. The van der Waals surface area contributed by atoms with Crippen LogP contribution in [0.25, 0.3) is 0 Å². The summed E-state index contributed by atoms with van der Waals surface area (Å²) in [4.78, 5) is 49.1. The average Bonchev–Trinajstić information content (AvgIpc) is 3.32. The van der Waals surface area contributed by atoms with Gasteiger partial charge in [0.1, 0.15) is 11.6 Å². The zero-order valence-electron chi connectivity index (χ0n) is 24.5. The van der Waals surface area contributed by atoms with Crippen molar-refractivity contribution in [2.75, 3.05) is 24.6 Å². The second kappa shape index (κ2) is 10.9. The predicted octanol–water partition coefficient (Wildman–Crippen LogP) is 3.89. The number of fused-ring (bicyclic) bond motifs is 2. The quantitative estimate of drug-likeness (QED) is 0.441. The molecular formula is C36H35N3O5. The van der Waals surface area contributed by atoms with Crippen LogP contribution in [-0.4, -0.2) is 69.6 Å². The first-order valence-corrected chi connectivity index (χ1v) is 15.1. The fourth-order valence-corrected chi connectivity index (χ4v) is 7.66. The maximum absolute atomic E-state index is 14.9. The Labute approximate surface area is 256 Å². The number of hydrogen-bond donors (Lipinski definition) is 1. The molecule has 1 spiro atoms. The zero-order chi connectivity index (χ0) is 30.5. The van der Waals surface area contributed by atoms with Crippen LogP contribution in [0.15, 0.2) is 115 Å². The van der Waals surface area contributed by atoms with Crippen molar-refractivity contribution in [2.24, 2.45) is 11.8 Å². The van der Waals surface area contributed by atoms with E-state index in [4.69, 9.17) is 4.74 Å². The van der Waals surface area contributed by atoms with E-state index in [0.29, 0.717) is 25.2 Å². The highest BCUT2D eigenvalue weighted by molar-refractivity contribution is 6.04. The fourth-order valence-electron chi connectivity index (χ4n) is 7.66. The van der Waals surface area contributed by atoms with Gasteiger partial charge in [-0.1, -0.05) is 103 Å². The lowest BCUT2D eigenvalue weighted by Gasteiger charge is -2.40. The molecule has 8 heteroatoms. The number of carbonyl (C=O) groups excluding carboxylic acids is 3. The molecule has 0 aliphatic carbocycles. The van der Waals surface area contributed by atoms with Crippen LogP contribution in [0.4, 0.5) is 5.69 Å². The van der Waals surface area contributed by atoms with Crippen molar-refractivity contribution in [2.45, 2.75) is 36.8 Å². The van der Waals surface area contributed by atoms with Gasteiger partial charge in [0.2, 0.25) is 17.7 Å². The van der Waals surface area contributed by atoms with Crippen molar-refractivity contribution in [1.82, 2.24) is 9.80 Å². The molecule has 4 heterocycles. The van der Waals surface area contributed by atoms with Gasteiger partial charge in [-0.3, -0.25) is 14.4 Å². The molecule has 3 aromatic rings. The Morgan fingerprint density at radius 2 is 1.43 bits per heavy atom. The fraction of sp³-hybridized carbons (Fsp3) is 0.306. The number of benzene rings is 3. The van der Waals surface area contributed by atoms with Gasteiger partial charge in [-0.2, -0.15) is 0 Å². The Morgan fingerprint density at radius 1 is 0.795 bits per heavy atom. The Balaban J connectivity index is 1.37. The molecule has 3 amide bonds. The summed E-state index contributed by atoms with van der Waals surface area (Å²) in [6, 6.07) is 26.5. The number of amides is 3. The number of aliphatic hydroxyl groups is 1. The smallest absolute Gasteiger partial charge is 0.249 e. The summed E-state index contributed by atoms with van der Waals surface area (Å²) in [5.41, 5.74) is -0.159. The first-order valence-electron chi connectivity index (χ1n) is 15.1. The van der Waals surface area contributed by atoms with Crippen LogP contribution in [0.5, 0.6) is 0 Å². The van der Waals surface area contributed by atoms with Gasteiger partial charge < -0.3 is 24.5 Å². The summed E-state index contributed by atoms with van der Waals surface area (Å²) in [5.74, 6) is -2.75. The minimum Gasteiger partial charge on any atom is -0.394 e. The van der Waals surface area contributed by atoms with Crippen LogP contribution in [0, 0.1) is 11.8 Å². The summed E-state index contributed by atoms with van der Waals surface area (Å²) >= 11 is 0. The van der Waals surface area contributed by atoms with Gasteiger partial charge in [-0.25, -0.2) is 0 Å². The number of likely N-dealkylation sites (tertiary alicyclic amines) is 1. The van der Waals surface area contributed by atoms with Gasteiger partial charge in [0.25, 0.3) is 0 Å². The summed E-state index contributed by atoms with van der Waals surface area (Å²) in [6.07, 6.45) is 7.52. The van der Waals surface area contributed by atoms with E-state index in [2.05, 4.69) is 0 Å². The molecule has 2 saturated heterocycles. The van der Waals surface area contributed by atoms with E-state index in [1.54, 1.807) is 9.80 Å². The standard InChI is InChI=1S/C36H35N3O5/c1-35-19-11-22-38(27-17-9-4-10-18-27)32(41)29(35)30-33(42)39(28(24-40)26-15-7-3-8-16-26)31-34(43)37(21-12-20-36(30,31)44-35)23-25-13-5-2-6-14-25/h2-20,28-31,40H,21-24H2,1H3/t28-,29+,30+,31?,35-,36+/m1/s1. The lowest BCUT2D eigenvalue weighted by Crippen LogP contribution is -2.56. The molecule has 2 fully saturated rings. The van der Waals surface area contributed by atoms with Crippen LogP contribution in [0.1, 0.15) is 24.1 Å². The number of para-hydroxylation sites is 1. The molecule has 7 rings (SSSR count). The Kier molecular flexibility index (Phi) is 6.98. The lowest BCUT2D eigenvalue weighted by molar-refractivity contribution is -0.154. The highest BCUT2D eigenvalue weighted by atomic mass is 16.5. The maximum atomic E-state index is 14.9. The van der Waals surface area contributed by atoms with Crippen molar-refractivity contribution in [3.63, 3.8) is 0 Å². The summed E-state index contributed by atoms with van der Waals surface area (Å²) in [6.45, 7) is 2.45. The number of hydrogen-bond acceptors (Lipinski definition) is 5. The van der Waals surface area contributed by atoms with E-state index in [1.165, 1.54) is 4.90 Å². The van der Waals surface area contributed by atoms with E-state index in [9.17, 15) is 19.5 Å². The number of anilines is 1. The largest absolute Gasteiger partial charge is 0.394 e. The molecule has 4 aliphatic rings. The summed E-state index contributed by atoms with van der Waals surface area (Å²) in [7, 11) is 0. The van der Waals surface area contributed by atoms with E-state index in [-0.39, 0.29) is 17.7 Å². The SMILES string of the molecule is C[C@@]12C=CCN(c3ccccc3)C(=O)[C@@H]1[C@H]1C(=O)N([C@H](CO)c3ccccc3)C3C(=O)N(Cc4ccccc4)CC=C[C@@]31O2. The van der Waals surface area contributed by atoms with Gasteiger partial charge in [0.15, 0.2) is 0 Å². The molecule has 44 heavy (non-hydrogen) atoms. The van der Waals surface area contributed by atoms with Crippen molar-refractivity contribution in [3.8, 4) is 0 Å². The van der Waals surface area contributed by atoms with E-state index in [0.717, 1.165) is 11.3 Å². The summed E-state index contributed by atoms with van der Waals surface area (Å²) < 4.78 is 6.97. The van der Waals surface area contributed by atoms with Crippen molar-refractivity contribution >= 4 is 23.4 Å². The van der Waals surface area contributed by atoms with Crippen LogP contribution < -0.4 is 4.90 Å². The van der Waals surface area contributed by atoms with Gasteiger partial charge in [0.05, 0.1) is 30.1 Å². The first kappa shape index (κ1) is 28.3. The Morgan fingerprint density at radius 3 is 2.11 bits per heavy atom. The molecule has 3 aromatic carbocycles. The topological polar surface area (TPSA) is 90.4 Å². The molecule has 224 valence electrons. The minimum absolute atomic E-state index is 0.231. The number of nitrogens with zero attached hydrogens (tertiary/aromatic N) is 3. The van der Waals surface area contributed by atoms with Gasteiger partial charge in [-0.15, -0.1) is 0 Å². The normalized spacial score (nSPS) is 30.1. The van der Waals surface area contributed by atoms with Crippen LogP contribution >= 0.6 is 0 Å². The number of aliphatic hydroxyl groups excluding tert-OH is 1. The van der Waals surface area contributed by atoms with Crippen molar-refractivity contribution in [3.05, 3.63) is 126 Å². The molecule has 1 N–H and O–H groups in total. The Hall–Kier alpha value is -4.53. The minimum atomic E-state index is -1.42. The van der Waals surface area contributed by atoms with E-state index < -0.39 is 41.7 Å². The second-order valence-corrected chi connectivity index (χ2v) is 12.1. The molecule has 0 saturated carbocycles. The lowest BCUT2D eigenvalue weighted by atomic mass is 9.74. The van der Waals surface area contributed by atoms with Crippen molar-refractivity contribution < 1.29 is 24.2 Å². The van der Waals surface area contributed by atoms with Crippen LogP contribution in [0.3, 0.4) is 0 Å². The number of rotatable bonds is 6. The Bertz CT molecular complexity index is 1630. The van der Waals surface area contributed by atoms with Gasteiger partial charge >= 0.3 is 0 Å². The summed E-state index contributed by atoms with van der Waals surface area (Å²) in [5, 5.41) is 10.8. The molecule has 8 nitrogen and oxygen atoms in total. The molecule has 4 aliphatic heterocycles. The van der Waals surface area contributed by atoms with E-state index in [1.807, 2.05) is 122 Å². The van der Waals surface area contributed by atoms with Gasteiger partial charge in [0, 0.05) is 25.3 Å². The molecule has 0 bridgehead atoms. The maximum Gasteiger partial charge on any atom is 0.249 e.